The summed E-state index contributed by atoms with van der Waals surface area (Å²) in [6, 6.07) is 6.27. The molecule has 1 aliphatic rings. The summed E-state index contributed by atoms with van der Waals surface area (Å²) in [5.74, 6) is 0. The first kappa shape index (κ1) is 15.6. The second kappa shape index (κ2) is 7.84. The average molecular weight is 299 g/mol. The maximum atomic E-state index is 6.42. The molecule has 0 bridgehead atoms. The van der Waals surface area contributed by atoms with Gasteiger partial charge in [0.1, 0.15) is 0 Å². The molecular weight excluding hydrogens is 276 g/mol. The van der Waals surface area contributed by atoms with Crippen LogP contribution in [0.2, 0.25) is 5.02 Å². The molecule has 1 aliphatic heterocycles. The van der Waals surface area contributed by atoms with Crippen LogP contribution in [-0.4, -0.2) is 46.1 Å². The first-order valence-corrected chi connectivity index (χ1v) is 7.43. The van der Waals surface area contributed by atoms with E-state index in [1.807, 2.05) is 6.07 Å². The smallest absolute Gasteiger partial charge is 0.0722 e. The van der Waals surface area contributed by atoms with Crippen LogP contribution >= 0.6 is 11.6 Å². The molecule has 1 atom stereocenters. The Morgan fingerprint density at radius 3 is 3.05 bits per heavy atom. The van der Waals surface area contributed by atoms with Crippen LogP contribution < -0.4 is 10.2 Å². The minimum absolute atomic E-state index is 0.259. The van der Waals surface area contributed by atoms with Gasteiger partial charge < -0.3 is 19.7 Å². The molecule has 2 rings (SSSR count). The lowest BCUT2D eigenvalue weighted by Crippen LogP contribution is -2.41. The zero-order valence-electron chi connectivity index (χ0n) is 12.2. The Bertz CT molecular complexity index is 428. The van der Waals surface area contributed by atoms with Crippen molar-refractivity contribution < 1.29 is 9.47 Å². The maximum absolute atomic E-state index is 6.42. The lowest BCUT2D eigenvalue weighted by atomic mass is 10.1. The van der Waals surface area contributed by atoms with Crippen molar-refractivity contribution in [2.24, 2.45) is 0 Å². The Hall–Kier alpha value is -0.810. The largest absolute Gasteiger partial charge is 0.383 e. The van der Waals surface area contributed by atoms with E-state index >= 15 is 0 Å². The van der Waals surface area contributed by atoms with Crippen LogP contribution in [0.5, 0.6) is 0 Å². The molecule has 0 aromatic heterocycles. The Morgan fingerprint density at radius 1 is 1.50 bits per heavy atom. The topological polar surface area (TPSA) is 33.7 Å². The van der Waals surface area contributed by atoms with Crippen LogP contribution in [0.4, 0.5) is 5.69 Å². The molecule has 0 aliphatic carbocycles. The van der Waals surface area contributed by atoms with E-state index in [4.69, 9.17) is 21.1 Å². The predicted molar refractivity (Wildman–Crippen MR) is 82.7 cm³/mol. The van der Waals surface area contributed by atoms with E-state index in [1.54, 1.807) is 7.11 Å². The molecule has 0 radical (unpaired) electrons. The van der Waals surface area contributed by atoms with Crippen molar-refractivity contribution in [1.82, 2.24) is 5.32 Å². The van der Waals surface area contributed by atoms with Gasteiger partial charge in [0, 0.05) is 33.3 Å². The van der Waals surface area contributed by atoms with Crippen molar-refractivity contribution in [1.29, 1.82) is 0 Å². The fourth-order valence-corrected chi connectivity index (χ4v) is 2.68. The number of anilines is 1. The van der Waals surface area contributed by atoms with Gasteiger partial charge in [0.25, 0.3) is 0 Å². The second-order valence-corrected chi connectivity index (χ2v) is 5.49. The summed E-state index contributed by atoms with van der Waals surface area (Å²) < 4.78 is 10.6. The monoisotopic (exact) mass is 298 g/mol. The average Bonchev–Trinajstić information content (AvgIpc) is 2.44. The molecule has 0 spiro atoms. The molecule has 0 amide bonds. The van der Waals surface area contributed by atoms with Gasteiger partial charge in [-0.05, 0) is 24.6 Å². The van der Waals surface area contributed by atoms with E-state index in [1.165, 1.54) is 5.56 Å². The number of hydrogen-bond donors (Lipinski definition) is 1. The molecule has 1 saturated heterocycles. The van der Waals surface area contributed by atoms with Gasteiger partial charge in [-0.15, -0.1) is 0 Å². The molecule has 1 aromatic rings. The van der Waals surface area contributed by atoms with Gasteiger partial charge in [-0.2, -0.15) is 0 Å². The SMILES string of the molecule is COCCNCc1ccc(N2CCOC(C)C2)c(Cl)c1. The number of ether oxygens (including phenoxy) is 2. The fraction of sp³-hybridized carbons (Fsp3) is 0.600. The molecule has 1 unspecified atom stereocenters. The van der Waals surface area contributed by atoms with Gasteiger partial charge in [-0.25, -0.2) is 0 Å². The van der Waals surface area contributed by atoms with Gasteiger partial charge in [0.15, 0.2) is 0 Å². The normalized spacial score (nSPS) is 19.4. The Kier molecular flexibility index (Phi) is 6.10. The predicted octanol–water partition coefficient (Wildman–Crippen LogP) is 2.30. The summed E-state index contributed by atoms with van der Waals surface area (Å²) in [7, 11) is 1.71. The molecule has 1 heterocycles. The molecule has 5 heteroatoms. The van der Waals surface area contributed by atoms with E-state index in [0.717, 1.165) is 50.1 Å². The minimum Gasteiger partial charge on any atom is -0.383 e. The standard InChI is InChI=1S/C15H23ClN2O2/c1-12-11-18(6-8-20-12)15-4-3-13(9-14(15)16)10-17-5-7-19-2/h3-4,9,12,17H,5-8,10-11H2,1-2H3. The summed E-state index contributed by atoms with van der Waals surface area (Å²) in [6.45, 7) is 7.02. The van der Waals surface area contributed by atoms with Gasteiger partial charge in [0.2, 0.25) is 0 Å². The van der Waals surface area contributed by atoms with Crippen molar-refractivity contribution in [3.63, 3.8) is 0 Å². The number of morpholine rings is 1. The van der Waals surface area contributed by atoms with Gasteiger partial charge >= 0.3 is 0 Å². The zero-order chi connectivity index (χ0) is 14.4. The maximum Gasteiger partial charge on any atom is 0.0722 e. The van der Waals surface area contributed by atoms with Crippen LogP contribution in [0, 0.1) is 0 Å². The van der Waals surface area contributed by atoms with Crippen LogP contribution in [0.25, 0.3) is 0 Å². The third kappa shape index (κ3) is 4.35. The molecule has 112 valence electrons. The van der Waals surface area contributed by atoms with Crippen molar-refractivity contribution in [2.45, 2.75) is 19.6 Å². The molecule has 0 saturated carbocycles. The van der Waals surface area contributed by atoms with Crippen molar-refractivity contribution >= 4 is 17.3 Å². The summed E-state index contributed by atoms with van der Waals surface area (Å²) in [5.41, 5.74) is 2.29. The van der Waals surface area contributed by atoms with E-state index in [0.29, 0.717) is 0 Å². The van der Waals surface area contributed by atoms with E-state index in [2.05, 4.69) is 29.3 Å². The number of methoxy groups -OCH3 is 1. The van der Waals surface area contributed by atoms with Crippen LogP contribution in [0.15, 0.2) is 18.2 Å². The molecule has 20 heavy (non-hydrogen) atoms. The third-order valence-corrected chi connectivity index (χ3v) is 3.71. The number of nitrogens with one attached hydrogen (secondary N) is 1. The Morgan fingerprint density at radius 2 is 2.35 bits per heavy atom. The highest BCUT2D eigenvalue weighted by Crippen LogP contribution is 2.28. The number of rotatable bonds is 6. The Labute approximate surface area is 126 Å². The van der Waals surface area contributed by atoms with Gasteiger partial charge in [-0.1, -0.05) is 17.7 Å². The summed E-state index contributed by atoms with van der Waals surface area (Å²) in [6.07, 6.45) is 0.259. The minimum atomic E-state index is 0.259. The van der Waals surface area contributed by atoms with E-state index in [-0.39, 0.29) is 6.10 Å². The lowest BCUT2D eigenvalue weighted by Gasteiger charge is -2.33. The first-order valence-electron chi connectivity index (χ1n) is 7.05. The van der Waals surface area contributed by atoms with Crippen molar-refractivity contribution in [2.75, 3.05) is 44.9 Å². The Balaban J connectivity index is 1.95. The molecule has 1 N–H and O–H groups in total. The summed E-state index contributed by atoms with van der Waals surface area (Å²) in [5, 5.41) is 4.13. The first-order chi connectivity index (χ1) is 9.70. The number of benzene rings is 1. The number of hydrogen-bond acceptors (Lipinski definition) is 4. The number of nitrogens with zero attached hydrogens (tertiary/aromatic N) is 1. The second-order valence-electron chi connectivity index (χ2n) is 5.08. The van der Waals surface area contributed by atoms with Crippen molar-refractivity contribution in [3.05, 3.63) is 28.8 Å². The lowest BCUT2D eigenvalue weighted by molar-refractivity contribution is 0.0532. The number of halogens is 1. The molecule has 1 fully saturated rings. The van der Waals surface area contributed by atoms with Gasteiger partial charge in [-0.3, -0.25) is 0 Å². The molecular formula is C15H23ClN2O2. The molecule has 1 aromatic carbocycles. The van der Waals surface area contributed by atoms with Gasteiger partial charge in [0.05, 0.1) is 30.0 Å². The van der Waals surface area contributed by atoms with Crippen LogP contribution in [0.1, 0.15) is 12.5 Å². The third-order valence-electron chi connectivity index (χ3n) is 3.41. The zero-order valence-corrected chi connectivity index (χ0v) is 12.9. The van der Waals surface area contributed by atoms with E-state index in [9.17, 15) is 0 Å². The van der Waals surface area contributed by atoms with Crippen molar-refractivity contribution in [3.8, 4) is 0 Å². The highest BCUT2D eigenvalue weighted by atomic mass is 35.5. The summed E-state index contributed by atoms with van der Waals surface area (Å²) >= 11 is 6.42. The quantitative estimate of drug-likeness (QED) is 0.817. The fourth-order valence-electron chi connectivity index (χ4n) is 2.36. The highest BCUT2D eigenvalue weighted by Gasteiger charge is 2.18. The highest BCUT2D eigenvalue weighted by molar-refractivity contribution is 6.33. The van der Waals surface area contributed by atoms with Crippen LogP contribution in [-0.2, 0) is 16.0 Å². The summed E-state index contributed by atoms with van der Waals surface area (Å²) in [4.78, 5) is 2.29. The molecule has 4 nitrogen and oxygen atoms in total. The van der Waals surface area contributed by atoms with Crippen LogP contribution in [0.3, 0.4) is 0 Å². The van der Waals surface area contributed by atoms with E-state index < -0.39 is 0 Å².